The minimum Gasteiger partial charge on any atom is -0.369 e. The van der Waals surface area contributed by atoms with Gasteiger partial charge in [0.2, 0.25) is 0 Å². The van der Waals surface area contributed by atoms with Crippen LogP contribution in [0.2, 0.25) is 0 Å². The van der Waals surface area contributed by atoms with Crippen LogP contribution in [0.5, 0.6) is 0 Å². The average molecular weight is 348 g/mol. The summed E-state index contributed by atoms with van der Waals surface area (Å²) in [6.45, 7) is 4.86. The number of amides is 1. The molecule has 0 aliphatic rings. The SMILES string of the molecule is CCCNc1ncccc1C(=O)Nc1ccc(C)c(Br)c1. The molecule has 1 aromatic carbocycles. The summed E-state index contributed by atoms with van der Waals surface area (Å²) >= 11 is 3.46. The Morgan fingerprint density at radius 3 is 2.86 bits per heavy atom. The van der Waals surface area contributed by atoms with Gasteiger partial charge in [-0.05, 0) is 43.2 Å². The van der Waals surface area contributed by atoms with Crippen molar-refractivity contribution in [3.05, 3.63) is 52.1 Å². The molecule has 0 unspecified atom stereocenters. The summed E-state index contributed by atoms with van der Waals surface area (Å²) in [5.41, 5.74) is 2.42. The highest BCUT2D eigenvalue weighted by Crippen LogP contribution is 2.22. The molecule has 0 atom stereocenters. The third kappa shape index (κ3) is 4.04. The second kappa shape index (κ2) is 7.22. The first-order valence-electron chi connectivity index (χ1n) is 6.88. The van der Waals surface area contributed by atoms with Gasteiger partial charge < -0.3 is 10.6 Å². The molecule has 21 heavy (non-hydrogen) atoms. The van der Waals surface area contributed by atoms with E-state index in [-0.39, 0.29) is 5.91 Å². The van der Waals surface area contributed by atoms with Crippen LogP contribution < -0.4 is 10.6 Å². The summed E-state index contributed by atoms with van der Waals surface area (Å²) in [5.74, 6) is 0.445. The van der Waals surface area contributed by atoms with E-state index in [9.17, 15) is 4.79 Å². The number of aryl methyl sites for hydroxylation is 1. The molecule has 0 fully saturated rings. The van der Waals surface area contributed by atoms with Gasteiger partial charge in [0.25, 0.3) is 5.91 Å². The molecular formula is C16H18BrN3O. The summed E-state index contributed by atoms with van der Waals surface area (Å²) in [6.07, 6.45) is 2.65. The van der Waals surface area contributed by atoms with Gasteiger partial charge in [-0.2, -0.15) is 0 Å². The first kappa shape index (κ1) is 15.5. The third-order valence-corrected chi connectivity index (χ3v) is 3.88. The molecule has 0 bridgehead atoms. The van der Waals surface area contributed by atoms with Crippen molar-refractivity contribution in [1.82, 2.24) is 4.98 Å². The molecule has 1 amide bonds. The normalized spacial score (nSPS) is 10.2. The fourth-order valence-electron chi connectivity index (χ4n) is 1.84. The number of nitrogens with zero attached hydrogens (tertiary/aromatic N) is 1. The topological polar surface area (TPSA) is 54.0 Å². The van der Waals surface area contributed by atoms with Crippen molar-refractivity contribution in [2.75, 3.05) is 17.2 Å². The Balaban J connectivity index is 2.18. The molecule has 0 aliphatic carbocycles. The number of nitrogens with one attached hydrogen (secondary N) is 2. The summed E-state index contributed by atoms with van der Waals surface area (Å²) < 4.78 is 0.968. The van der Waals surface area contributed by atoms with Crippen LogP contribution in [0, 0.1) is 6.92 Å². The fraction of sp³-hybridized carbons (Fsp3) is 0.250. The van der Waals surface area contributed by atoms with Crippen molar-refractivity contribution in [2.24, 2.45) is 0 Å². The average Bonchev–Trinajstić information content (AvgIpc) is 2.49. The number of hydrogen-bond donors (Lipinski definition) is 2. The molecule has 0 aliphatic heterocycles. The fourth-order valence-corrected chi connectivity index (χ4v) is 2.22. The second-order valence-electron chi connectivity index (χ2n) is 4.74. The van der Waals surface area contributed by atoms with E-state index >= 15 is 0 Å². The second-order valence-corrected chi connectivity index (χ2v) is 5.60. The van der Waals surface area contributed by atoms with Gasteiger partial charge in [-0.1, -0.05) is 28.9 Å². The maximum atomic E-state index is 12.4. The monoisotopic (exact) mass is 347 g/mol. The van der Waals surface area contributed by atoms with Gasteiger partial charge >= 0.3 is 0 Å². The van der Waals surface area contributed by atoms with Gasteiger partial charge in [0.15, 0.2) is 0 Å². The van der Waals surface area contributed by atoms with Crippen LogP contribution in [0.3, 0.4) is 0 Å². The van der Waals surface area contributed by atoms with Gasteiger partial charge in [0, 0.05) is 22.9 Å². The van der Waals surface area contributed by atoms with Crippen LogP contribution in [0.4, 0.5) is 11.5 Å². The lowest BCUT2D eigenvalue weighted by Gasteiger charge is -2.11. The smallest absolute Gasteiger partial charge is 0.259 e. The number of aromatic nitrogens is 1. The van der Waals surface area contributed by atoms with E-state index < -0.39 is 0 Å². The highest BCUT2D eigenvalue weighted by Gasteiger charge is 2.12. The minimum atomic E-state index is -0.169. The van der Waals surface area contributed by atoms with Gasteiger partial charge in [-0.3, -0.25) is 4.79 Å². The van der Waals surface area contributed by atoms with Crippen LogP contribution >= 0.6 is 15.9 Å². The van der Waals surface area contributed by atoms with Crippen molar-refractivity contribution >= 4 is 33.3 Å². The van der Waals surface area contributed by atoms with Crippen LogP contribution in [0.15, 0.2) is 41.0 Å². The number of hydrogen-bond acceptors (Lipinski definition) is 3. The molecule has 0 saturated heterocycles. The van der Waals surface area contributed by atoms with Crippen molar-refractivity contribution in [3.8, 4) is 0 Å². The lowest BCUT2D eigenvalue weighted by Crippen LogP contribution is -2.16. The lowest BCUT2D eigenvalue weighted by atomic mass is 10.2. The third-order valence-electron chi connectivity index (χ3n) is 3.02. The lowest BCUT2D eigenvalue weighted by molar-refractivity contribution is 0.102. The van der Waals surface area contributed by atoms with E-state index in [0.29, 0.717) is 11.4 Å². The Labute approximate surface area is 133 Å². The number of benzene rings is 1. The van der Waals surface area contributed by atoms with Crippen LogP contribution in [0.1, 0.15) is 29.3 Å². The Kier molecular flexibility index (Phi) is 5.33. The molecule has 0 saturated carbocycles. The first-order chi connectivity index (χ1) is 10.1. The van der Waals surface area contributed by atoms with Gasteiger partial charge in [0.1, 0.15) is 5.82 Å². The predicted molar refractivity (Wildman–Crippen MR) is 89.8 cm³/mol. The molecule has 4 nitrogen and oxygen atoms in total. The predicted octanol–water partition coefficient (Wildman–Crippen LogP) is 4.23. The van der Waals surface area contributed by atoms with Crippen molar-refractivity contribution in [2.45, 2.75) is 20.3 Å². The summed E-state index contributed by atoms with van der Waals surface area (Å²) in [6, 6.07) is 9.26. The Morgan fingerprint density at radius 2 is 2.14 bits per heavy atom. The Morgan fingerprint density at radius 1 is 1.33 bits per heavy atom. The zero-order chi connectivity index (χ0) is 15.2. The highest BCUT2D eigenvalue weighted by atomic mass is 79.9. The molecular weight excluding hydrogens is 330 g/mol. The molecule has 2 N–H and O–H groups in total. The number of carbonyl (C=O) groups is 1. The Hall–Kier alpha value is -1.88. The molecule has 0 spiro atoms. The summed E-state index contributed by atoms with van der Waals surface area (Å²) in [4.78, 5) is 16.6. The van der Waals surface area contributed by atoms with E-state index in [0.717, 1.165) is 28.7 Å². The Bertz CT molecular complexity index is 643. The summed E-state index contributed by atoms with van der Waals surface area (Å²) in [5, 5.41) is 6.06. The van der Waals surface area contributed by atoms with Crippen LogP contribution in [-0.2, 0) is 0 Å². The molecule has 1 aromatic heterocycles. The quantitative estimate of drug-likeness (QED) is 0.850. The molecule has 5 heteroatoms. The zero-order valence-electron chi connectivity index (χ0n) is 12.1. The van der Waals surface area contributed by atoms with Gasteiger partial charge in [-0.25, -0.2) is 4.98 Å². The number of halogens is 1. The summed E-state index contributed by atoms with van der Waals surface area (Å²) in [7, 11) is 0. The van der Waals surface area contributed by atoms with Gasteiger partial charge in [0.05, 0.1) is 5.56 Å². The van der Waals surface area contributed by atoms with Crippen molar-refractivity contribution in [3.63, 3.8) is 0 Å². The largest absolute Gasteiger partial charge is 0.369 e. The van der Waals surface area contributed by atoms with E-state index in [1.54, 1.807) is 18.3 Å². The van der Waals surface area contributed by atoms with E-state index in [1.807, 2.05) is 25.1 Å². The maximum absolute atomic E-state index is 12.4. The highest BCUT2D eigenvalue weighted by molar-refractivity contribution is 9.10. The molecule has 2 rings (SSSR count). The van der Waals surface area contributed by atoms with E-state index in [1.165, 1.54) is 0 Å². The number of rotatable bonds is 5. The molecule has 2 aromatic rings. The van der Waals surface area contributed by atoms with E-state index in [4.69, 9.17) is 0 Å². The van der Waals surface area contributed by atoms with Gasteiger partial charge in [-0.15, -0.1) is 0 Å². The number of pyridine rings is 1. The maximum Gasteiger partial charge on any atom is 0.259 e. The minimum absolute atomic E-state index is 0.169. The van der Waals surface area contributed by atoms with Crippen molar-refractivity contribution < 1.29 is 4.79 Å². The molecule has 110 valence electrons. The first-order valence-corrected chi connectivity index (χ1v) is 7.67. The molecule has 1 heterocycles. The van der Waals surface area contributed by atoms with Crippen LogP contribution in [0.25, 0.3) is 0 Å². The number of carbonyl (C=O) groups excluding carboxylic acids is 1. The number of anilines is 2. The van der Waals surface area contributed by atoms with Crippen LogP contribution in [-0.4, -0.2) is 17.4 Å². The van der Waals surface area contributed by atoms with E-state index in [2.05, 4.69) is 38.5 Å². The standard InChI is InChI=1S/C16H18BrN3O/c1-3-8-18-15-13(5-4-9-19-15)16(21)20-12-7-6-11(2)14(17)10-12/h4-7,9-10H,3,8H2,1-2H3,(H,18,19)(H,20,21). The molecule has 0 radical (unpaired) electrons. The van der Waals surface area contributed by atoms with Crippen molar-refractivity contribution in [1.29, 1.82) is 0 Å². The zero-order valence-corrected chi connectivity index (χ0v) is 13.7.